The van der Waals surface area contributed by atoms with Crippen LogP contribution < -0.4 is 10.1 Å². The Morgan fingerprint density at radius 1 is 1.35 bits per heavy atom. The lowest BCUT2D eigenvalue weighted by Gasteiger charge is -2.23. The molecule has 126 valence electrons. The fourth-order valence-corrected chi connectivity index (χ4v) is 2.41. The lowest BCUT2D eigenvalue weighted by molar-refractivity contribution is 0.0595. The lowest BCUT2D eigenvalue weighted by atomic mass is 10.0. The molecule has 1 heterocycles. The van der Waals surface area contributed by atoms with Gasteiger partial charge >= 0.3 is 5.97 Å². The molecule has 0 radical (unpaired) electrons. The monoisotopic (exact) mass is 320 g/mol. The molecule has 0 aliphatic heterocycles. The number of H-pyrrole nitrogens is 1. The standard InChI is InChI=1S/C17H24N2O4/c1-17(2,3)18-9-13(20)10-6-7-14(22-4)15-11(10)8-12(19-15)16(21)23-5/h6-8,13,18-20H,9H2,1-5H3. The number of carbonyl (C=O) groups excluding carboxylic acids is 1. The third-order valence-electron chi connectivity index (χ3n) is 3.60. The second kappa shape index (κ2) is 6.60. The molecule has 0 saturated heterocycles. The smallest absolute Gasteiger partial charge is 0.354 e. The Kier molecular flexibility index (Phi) is 4.97. The number of aliphatic hydroxyl groups is 1. The number of fused-ring (bicyclic) bond motifs is 1. The van der Waals surface area contributed by atoms with Crippen LogP contribution in [0.15, 0.2) is 18.2 Å². The number of β-amino-alcohol motifs (C(OH)–C–C–N with tert-alkyl or cyclic N) is 1. The summed E-state index contributed by atoms with van der Waals surface area (Å²) >= 11 is 0. The van der Waals surface area contributed by atoms with E-state index in [0.29, 0.717) is 23.5 Å². The number of rotatable bonds is 5. The summed E-state index contributed by atoms with van der Waals surface area (Å²) in [7, 11) is 2.89. The van der Waals surface area contributed by atoms with E-state index in [-0.39, 0.29) is 5.54 Å². The zero-order valence-electron chi connectivity index (χ0n) is 14.2. The maximum atomic E-state index is 11.8. The molecule has 3 N–H and O–H groups in total. The van der Waals surface area contributed by atoms with Gasteiger partial charge in [0, 0.05) is 17.5 Å². The summed E-state index contributed by atoms with van der Waals surface area (Å²) in [6, 6.07) is 5.26. The van der Waals surface area contributed by atoms with Crippen molar-refractivity contribution in [2.24, 2.45) is 0 Å². The zero-order valence-corrected chi connectivity index (χ0v) is 14.2. The normalized spacial score (nSPS) is 13.1. The van der Waals surface area contributed by atoms with Gasteiger partial charge in [-0.05, 0) is 38.5 Å². The molecule has 2 aromatic rings. The van der Waals surface area contributed by atoms with Gasteiger partial charge in [0.2, 0.25) is 0 Å². The summed E-state index contributed by atoms with van der Waals surface area (Å²) in [6.45, 7) is 6.52. The predicted molar refractivity (Wildman–Crippen MR) is 88.9 cm³/mol. The Bertz CT molecular complexity index is 700. The van der Waals surface area contributed by atoms with Gasteiger partial charge in [-0.15, -0.1) is 0 Å². The largest absolute Gasteiger partial charge is 0.495 e. The van der Waals surface area contributed by atoms with E-state index in [1.807, 2.05) is 26.8 Å². The van der Waals surface area contributed by atoms with Crippen LogP contribution in [0.2, 0.25) is 0 Å². The summed E-state index contributed by atoms with van der Waals surface area (Å²) in [5.74, 6) is 0.145. The molecule has 1 aromatic carbocycles. The summed E-state index contributed by atoms with van der Waals surface area (Å²) in [4.78, 5) is 14.8. The van der Waals surface area contributed by atoms with Crippen molar-refractivity contribution in [3.05, 3.63) is 29.5 Å². The van der Waals surface area contributed by atoms with E-state index in [1.54, 1.807) is 19.2 Å². The summed E-state index contributed by atoms with van der Waals surface area (Å²) in [5, 5.41) is 14.5. The van der Waals surface area contributed by atoms with Gasteiger partial charge in [-0.25, -0.2) is 4.79 Å². The van der Waals surface area contributed by atoms with E-state index < -0.39 is 12.1 Å². The number of esters is 1. The molecule has 0 aliphatic rings. The second-order valence-electron chi connectivity index (χ2n) is 6.47. The number of nitrogens with one attached hydrogen (secondary N) is 2. The Morgan fingerprint density at radius 2 is 2.04 bits per heavy atom. The van der Waals surface area contributed by atoms with Gasteiger partial charge in [0.15, 0.2) is 0 Å². The van der Waals surface area contributed by atoms with E-state index in [9.17, 15) is 9.90 Å². The molecule has 0 fully saturated rings. The van der Waals surface area contributed by atoms with Gasteiger partial charge in [-0.2, -0.15) is 0 Å². The topological polar surface area (TPSA) is 83.6 Å². The molecule has 0 bridgehead atoms. The highest BCUT2D eigenvalue weighted by Crippen LogP contribution is 2.32. The Balaban J connectivity index is 2.43. The minimum atomic E-state index is -0.705. The first kappa shape index (κ1) is 17.3. The highest BCUT2D eigenvalue weighted by molar-refractivity contribution is 5.98. The van der Waals surface area contributed by atoms with Gasteiger partial charge in [0.05, 0.1) is 25.8 Å². The maximum absolute atomic E-state index is 11.8. The van der Waals surface area contributed by atoms with Crippen LogP contribution in [0.25, 0.3) is 10.9 Å². The molecule has 1 unspecified atom stereocenters. The SMILES string of the molecule is COC(=O)c1cc2c(C(O)CNC(C)(C)C)ccc(OC)c2[nH]1. The van der Waals surface area contributed by atoms with Gasteiger partial charge in [0.1, 0.15) is 11.4 Å². The lowest BCUT2D eigenvalue weighted by Crippen LogP contribution is -2.38. The average Bonchev–Trinajstić information content (AvgIpc) is 2.95. The van der Waals surface area contributed by atoms with Gasteiger partial charge < -0.3 is 24.9 Å². The predicted octanol–water partition coefficient (Wildman–Crippen LogP) is 2.38. The molecular weight excluding hydrogens is 296 g/mol. The van der Waals surface area contributed by atoms with E-state index in [1.165, 1.54) is 7.11 Å². The van der Waals surface area contributed by atoms with E-state index in [0.717, 1.165) is 10.9 Å². The van der Waals surface area contributed by atoms with Crippen molar-refractivity contribution < 1.29 is 19.4 Å². The van der Waals surface area contributed by atoms with Crippen LogP contribution in [0, 0.1) is 0 Å². The molecule has 0 aliphatic carbocycles. The zero-order chi connectivity index (χ0) is 17.2. The molecular formula is C17H24N2O4. The first-order chi connectivity index (χ1) is 10.8. The van der Waals surface area contributed by atoms with Crippen LogP contribution in [0.1, 0.15) is 42.9 Å². The third-order valence-corrected chi connectivity index (χ3v) is 3.60. The van der Waals surface area contributed by atoms with Gasteiger partial charge in [0.25, 0.3) is 0 Å². The Labute approximate surface area is 135 Å². The van der Waals surface area contributed by atoms with Crippen LogP contribution in [-0.4, -0.2) is 42.4 Å². The van der Waals surface area contributed by atoms with Crippen molar-refractivity contribution in [2.45, 2.75) is 32.4 Å². The van der Waals surface area contributed by atoms with Crippen molar-refractivity contribution in [1.82, 2.24) is 10.3 Å². The summed E-state index contributed by atoms with van der Waals surface area (Å²) in [6.07, 6.45) is -0.705. The maximum Gasteiger partial charge on any atom is 0.354 e. The molecule has 0 amide bonds. The van der Waals surface area contributed by atoms with Crippen molar-refractivity contribution in [2.75, 3.05) is 20.8 Å². The Morgan fingerprint density at radius 3 is 2.61 bits per heavy atom. The quantitative estimate of drug-likeness (QED) is 0.737. The Hall–Kier alpha value is -2.05. The average molecular weight is 320 g/mol. The van der Waals surface area contributed by atoms with Crippen molar-refractivity contribution in [3.63, 3.8) is 0 Å². The minimum Gasteiger partial charge on any atom is -0.495 e. The molecule has 1 atom stereocenters. The van der Waals surface area contributed by atoms with E-state index in [2.05, 4.69) is 10.3 Å². The number of ether oxygens (including phenoxy) is 2. The first-order valence-corrected chi connectivity index (χ1v) is 7.48. The number of aromatic amines is 1. The number of aromatic nitrogens is 1. The molecule has 0 spiro atoms. The van der Waals surface area contributed by atoms with Crippen molar-refractivity contribution in [3.8, 4) is 5.75 Å². The van der Waals surface area contributed by atoms with Crippen molar-refractivity contribution >= 4 is 16.9 Å². The molecule has 6 nitrogen and oxygen atoms in total. The third kappa shape index (κ3) is 3.83. The molecule has 2 rings (SSSR count). The number of carbonyl (C=O) groups is 1. The highest BCUT2D eigenvalue weighted by atomic mass is 16.5. The van der Waals surface area contributed by atoms with E-state index >= 15 is 0 Å². The fourth-order valence-electron chi connectivity index (χ4n) is 2.41. The molecule has 0 saturated carbocycles. The molecule has 23 heavy (non-hydrogen) atoms. The van der Waals surface area contributed by atoms with E-state index in [4.69, 9.17) is 9.47 Å². The molecule has 1 aromatic heterocycles. The van der Waals surface area contributed by atoms with Crippen LogP contribution >= 0.6 is 0 Å². The number of benzene rings is 1. The number of aliphatic hydroxyl groups excluding tert-OH is 1. The number of hydrogen-bond acceptors (Lipinski definition) is 5. The van der Waals surface area contributed by atoms with Crippen LogP contribution in [-0.2, 0) is 4.74 Å². The minimum absolute atomic E-state index is 0.0953. The van der Waals surface area contributed by atoms with Crippen LogP contribution in [0.4, 0.5) is 0 Å². The fraction of sp³-hybridized carbons (Fsp3) is 0.471. The number of methoxy groups -OCH3 is 2. The first-order valence-electron chi connectivity index (χ1n) is 7.48. The summed E-state index contributed by atoms with van der Waals surface area (Å²) in [5.41, 5.74) is 1.62. The van der Waals surface area contributed by atoms with Crippen LogP contribution in [0.5, 0.6) is 5.75 Å². The second-order valence-corrected chi connectivity index (χ2v) is 6.47. The van der Waals surface area contributed by atoms with Crippen LogP contribution in [0.3, 0.4) is 0 Å². The molecule has 6 heteroatoms. The number of hydrogen-bond donors (Lipinski definition) is 3. The highest BCUT2D eigenvalue weighted by Gasteiger charge is 2.20. The van der Waals surface area contributed by atoms with Gasteiger partial charge in [-0.1, -0.05) is 6.07 Å². The van der Waals surface area contributed by atoms with Gasteiger partial charge in [-0.3, -0.25) is 0 Å². The summed E-state index contributed by atoms with van der Waals surface area (Å²) < 4.78 is 10.1. The van der Waals surface area contributed by atoms with Crippen molar-refractivity contribution in [1.29, 1.82) is 0 Å².